The molecule has 10 aromatic rings. The number of imidazole rings is 1. The van der Waals surface area contributed by atoms with E-state index in [1.807, 2.05) is 22.9 Å². The molecule has 0 aliphatic heterocycles. The molecule has 3 heteroatoms. The summed E-state index contributed by atoms with van der Waals surface area (Å²) in [6, 6.07) is 53.2. The van der Waals surface area contributed by atoms with E-state index in [4.69, 9.17) is 0 Å². The van der Waals surface area contributed by atoms with Crippen molar-refractivity contribution < 1.29 is 0 Å². The maximum atomic E-state index is 4.68. The largest absolute Gasteiger partial charge is 0.291 e. The van der Waals surface area contributed by atoms with Crippen molar-refractivity contribution in [1.29, 1.82) is 0 Å². The van der Waals surface area contributed by atoms with Crippen LogP contribution >= 0.6 is 0 Å². The summed E-state index contributed by atoms with van der Waals surface area (Å²) in [5.41, 5.74) is 6.79. The quantitative estimate of drug-likeness (QED) is 0.190. The first-order chi connectivity index (χ1) is 23.3. The zero-order valence-electron chi connectivity index (χ0n) is 25.4. The number of benzene rings is 7. The normalized spacial score (nSPS) is 11.8. The monoisotopic (exact) mass is 597 g/mol. The predicted octanol–water partition coefficient (Wildman–Crippen LogP) is 11.5. The molecule has 0 fully saturated rings. The van der Waals surface area contributed by atoms with Crippen molar-refractivity contribution in [2.45, 2.75) is 0 Å². The van der Waals surface area contributed by atoms with Crippen molar-refractivity contribution in [3.63, 3.8) is 0 Å². The van der Waals surface area contributed by atoms with Gasteiger partial charge in [0.25, 0.3) is 0 Å². The van der Waals surface area contributed by atoms with E-state index in [9.17, 15) is 0 Å². The molecule has 0 atom stereocenters. The fourth-order valence-electron chi connectivity index (χ4n) is 7.49. The maximum absolute atomic E-state index is 4.68. The topological polar surface area (TPSA) is 30.2 Å². The Kier molecular flexibility index (Phi) is 5.57. The summed E-state index contributed by atoms with van der Waals surface area (Å²) in [5, 5.41) is 12.9. The number of fused-ring (bicyclic) bond motifs is 6. The van der Waals surface area contributed by atoms with Crippen molar-refractivity contribution in [1.82, 2.24) is 14.4 Å². The van der Waals surface area contributed by atoms with E-state index in [2.05, 4.69) is 149 Å². The Morgan fingerprint density at radius 3 is 1.62 bits per heavy atom. The summed E-state index contributed by atoms with van der Waals surface area (Å²) in [5.74, 6) is 0.706. The molecular weight excluding hydrogens is 571 g/mol. The Hall–Kier alpha value is -6.32. The molecule has 218 valence electrons. The lowest BCUT2D eigenvalue weighted by molar-refractivity contribution is 1.11. The van der Waals surface area contributed by atoms with E-state index >= 15 is 0 Å². The van der Waals surface area contributed by atoms with Crippen LogP contribution in [0.3, 0.4) is 0 Å². The predicted molar refractivity (Wildman–Crippen MR) is 197 cm³/mol. The van der Waals surface area contributed by atoms with Crippen molar-refractivity contribution in [2.75, 3.05) is 0 Å². The second-order valence-corrected chi connectivity index (χ2v) is 12.3. The van der Waals surface area contributed by atoms with Crippen LogP contribution < -0.4 is 0 Å². The molecule has 0 saturated carbocycles. The molecule has 47 heavy (non-hydrogen) atoms. The molecule has 2 heterocycles. The molecule has 0 saturated heterocycles. The van der Waals surface area contributed by atoms with Crippen LogP contribution in [0, 0.1) is 0 Å². The Morgan fingerprint density at radius 1 is 0.404 bits per heavy atom. The summed E-state index contributed by atoms with van der Waals surface area (Å²) in [7, 11) is 0. The third kappa shape index (κ3) is 4.00. The Balaban J connectivity index is 1.16. The summed E-state index contributed by atoms with van der Waals surface area (Å²) >= 11 is 0. The first-order valence-corrected chi connectivity index (χ1v) is 16.0. The van der Waals surface area contributed by atoms with E-state index in [0.29, 0.717) is 5.78 Å². The number of hydrogen-bond acceptors (Lipinski definition) is 2. The highest BCUT2D eigenvalue weighted by Gasteiger charge is 2.15. The summed E-state index contributed by atoms with van der Waals surface area (Å²) in [6.45, 7) is 0. The minimum atomic E-state index is 0.706. The third-order valence-corrected chi connectivity index (χ3v) is 9.67. The van der Waals surface area contributed by atoms with Gasteiger partial charge in [0.2, 0.25) is 5.78 Å². The lowest BCUT2D eigenvalue weighted by Gasteiger charge is -2.16. The first kappa shape index (κ1) is 26.0. The highest BCUT2D eigenvalue weighted by atomic mass is 15.1. The van der Waals surface area contributed by atoms with E-state index in [1.165, 1.54) is 76.1 Å². The number of hydrogen-bond donors (Lipinski definition) is 0. The lowest BCUT2D eigenvalue weighted by atomic mass is 9.88. The van der Waals surface area contributed by atoms with Gasteiger partial charge in [-0.25, -0.2) is 9.97 Å². The standard InChI is InChI=1S/C44H27N3/c1-2-10-37-35(9-1)36-12-3-7-32-23-24-33-8-4-13-38(42(33)41(32)36)39-14-5-11-34(43(37)39)30-19-15-28(16-20-30)29-17-21-31(22-18-29)40-27-47-26-6-25-45-44(47)46-40/h1-27H. The fourth-order valence-corrected chi connectivity index (χ4v) is 7.49. The molecule has 2 aromatic heterocycles. The number of aromatic nitrogens is 3. The molecule has 0 unspecified atom stereocenters. The van der Waals surface area contributed by atoms with Crippen LogP contribution in [-0.4, -0.2) is 14.4 Å². The average molecular weight is 598 g/mol. The number of nitrogens with zero attached hydrogens (tertiary/aromatic N) is 3. The van der Waals surface area contributed by atoms with Gasteiger partial charge < -0.3 is 0 Å². The smallest absolute Gasteiger partial charge is 0.234 e. The third-order valence-electron chi connectivity index (χ3n) is 9.67. The fraction of sp³-hybridized carbons (Fsp3) is 0. The van der Waals surface area contributed by atoms with Crippen LogP contribution in [0.5, 0.6) is 0 Å². The first-order valence-electron chi connectivity index (χ1n) is 16.0. The zero-order chi connectivity index (χ0) is 30.9. The molecule has 0 radical (unpaired) electrons. The number of rotatable bonds is 3. The second-order valence-electron chi connectivity index (χ2n) is 12.3. The van der Waals surface area contributed by atoms with Gasteiger partial charge in [0.15, 0.2) is 0 Å². The van der Waals surface area contributed by atoms with Crippen LogP contribution in [0.15, 0.2) is 164 Å². The van der Waals surface area contributed by atoms with Gasteiger partial charge in [-0.05, 0) is 82.2 Å². The second kappa shape index (κ2) is 10.1. The van der Waals surface area contributed by atoms with Gasteiger partial charge >= 0.3 is 0 Å². The molecule has 3 nitrogen and oxygen atoms in total. The molecule has 0 bridgehead atoms. The van der Waals surface area contributed by atoms with Crippen molar-refractivity contribution in [2.24, 2.45) is 0 Å². The van der Waals surface area contributed by atoms with Crippen LogP contribution in [0.1, 0.15) is 0 Å². The lowest BCUT2D eigenvalue weighted by Crippen LogP contribution is -1.88. The van der Waals surface area contributed by atoms with Crippen LogP contribution in [0.2, 0.25) is 0 Å². The van der Waals surface area contributed by atoms with Gasteiger partial charge in [-0.2, -0.15) is 0 Å². The van der Waals surface area contributed by atoms with E-state index in [0.717, 1.165) is 11.3 Å². The molecule has 0 aliphatic rings. The highest BCUT2D eigenvalue weighted by molar-refractivity contribution is 6.34. The molecule has 0 N–H and O–H groups in total. The van der Waals surface area contributed by atoms with Gasteiger partial charge in [0.1, 0.15) is 0 Å². The Morgan fingerprint density at radius 2 is 0.936 bits per heavy atom. The molecule has 0 aliphatic carbocycles. The zero-order valence-corrected chi connectivity index (χ0v) is 25.4. The van der Waals surface area contributed by atoms with Crippen LogP contribution in [0.25, 0.3) is 93.2 Å². The Bertz CT molecular complexity index is 2790. The summed E-state index contributed by atoms with van der Waals surface area (Å²) < 4.78 is 1.95. The van der Waals surface area contributed by atoms with Crippen LogP contribution in [-0.2, 0) is 0 Å². The minimum absolute atomic E-state index is 0.706. The average Bonchev–Trinajstić information content (AvgIpc) is 3.58. The van der Waals surface area contributed by atoms with E-state index < -0.39 is 0 Å². The molecule has 10 rings (SSSR count). The molecule has 8 aromatic carbocycles. The maximum Gasteiger partial charge on any atom is 0.234 e. The van der Waals surface area contributed by atoms with Crippen LogP contribution in [0.4, 0.5) is 0 Å². The summed E-state index contributed by atoms with van der Waals surface area (Å²) in [4.78, 5) is 9.04. The summed E-state index contributed by atoms with van der Waals surface area (Å²) in [6.07, 6.45) is 5.76. The van der Waals surface area contributed by atoms with E-state index in [1.54, 1.807) is 6.20 Å². The van der Waals surface area contributed by atoms with Gasteiger partial charge in [-0.1, -0.05) is 140 Å². The van der Waals surface area contributed by atoms with Crippen molar-refractivity contribution in [3.05, 3.63) is 164 Å². The molecular formula is C44H27N3. The van der Waals surface area contributed by atoms with E-state index in [-0.39, 0.29) is 0 Å². The van der Waals surface area contributed by atoms with Gasteiger partial charge in [-0.3, -0.25) is 4.40 Å². The SMILES string of the molecule is c1ccc2c(c1)c1cccc3ccc4cccc(c5cccc(-c6ccc(-c7ccc(-c8cn9cccnc9n8)cc7)cc6)c25)c4c31. The van der Waals surface area contributed by atoms with Gasteiger partial charge in [0, 0.05) is 24.2 Å². The highest BCUT2D eigenvalue weighted by Crippen LogP contribution is 2.42. The van der Waals surface area contributed by atoms with Crippen molar-refractivity contribution >= 4 is 59.6 Å². The molecule has 0 spiro atoms. The van der Waals surface area contributed by atoms with Gasteiger partial charge in [-0.15, -0.1) is 0 Å². The molecule has 0 amide bonds. The van der Waals surface area contributed by atoms with Gasteiger partial charge in [0.05, 0.1) is 5.69 Å². The Labute approximate surface area is 271 Å². The minimum Gasteiger partial charge on any atom is -0.291 e. The van der Waals surface area contributed by atoms with Crippen molar-refractivity contribution in [3.8, 4) is 33.5 Å².